The molecule has 2 aromatic heterocycles. The summed E-state index contributed by atoms with van der Waals surface area (Å²) in [4.78, 5) is 21.1. The number of likely N-dealkylation sites (N-methyl/N-ethyl adjacent to an activating group) is 1. The summed E-state index contributed by atoms with van der Waals surface area (Å²) >= 11 is 7.79. The molecule has 154 valence electrons. The Hall–Kier alpha value is -2.97. The topological polar surface area (TPSA) is 75.9 Å². The first-order chi connectivity index (χ1) is 14.6. The number of nitrogens with zero attached hydrogens (tertiary/aromatic N) is 5. The third-order valence-electron chi connectivity index (χ3n) is 4.95. The van der Waals surface area contributed by atoms with Crippen molar-refractivity contribution in [2.24, 2.45) is 0 Å². The Morgan fingerprint density at radius 2 is 2.00 bits per heavy atom. The number of hydrogen-bond donors (Lipinski definition) is 1. The molecule has 0 radical (unpaired) electrons. The lowest BCUT2D eigenvalue weighted by Gasteiger charge is -2.28. The molecule has 2 aromatic carbocycles. The summed E-state index contributed by atoms with van der Waals surface area (Å²) in [7, 11) is 1.80. The second kappa shape index (κ2) is 8.81. The van der Waals surface area contributed by atoms with Crippen molar-refractivity contribution in [2.75, 3.05) is 18.9 Å². The Labute approximate surface area is 183 Å². The predicted molar refractivity (Wildman–Crippen MR) is 121 cm³/mol. The Morgan fingerprint density at radius 1 is 1.23 bits per heavy atom. The number of nitrogens with one attached hydrogen (secondary N) is 1. The van der Waals surface area contributed by atoms with Crippen LogP contribution in [0, 0.1) is 0 Å². The molecule has 0 aliphatic heterocycles. The number of rotatable bonds is 7. The average Bonchev–Trinajstić information content (AvgIpc) is 3.43. The van der Waals surface area contributed by atoms with Gasteiger partial charge in [0.2, 0.25) is 0 Å². The lowest BCUT2D eigenvalue weighted by atomic mass is 10.1. The molecule has 0 spiro atoms. The largest absolute Gasteiger partial charge is 0.359 e. The molecule has 0 saturated heterocycles. The number of benzene rings is 2. The molecule has 1 atom stereocenters. The van der Waals surface area contributed by atoms with Crippen molar-refractivity contribution in [3.63, 3.8) is 0 Å². The van der Waals surface area contributed by atoms with Crippen LogP contribution < -0.4 is 5.32 Å². The van der Waals surface area contributed by atoms with Gasteiger partial charge in [0.15, 0.2) is 5.13 Å². The molecule has 2 heterocycles. The van der Waals surface area contributed by atoms with Gasteiger partial charge in [-0.3, -0.25) is 4.79 Å². The number of anilines is 1. The maximum Gasteiger partial charge on any atom is 0.256 e. The highest BCUT2D eigenvalue weighted by Crippen LogP contribution is 2.26. The van der Waals surface area contributed by atoms with Gasteiger partial charge in [-0.25, -0.2) is 4.98 Å². The van der Waals surface area contributed by atoms with Crippen molar-refractivity contribution in [1.29, 1.82) is 0 Å². The van der Waals surface area contributed by atoms with E-state index >= 15 is 0 Å². The second-order valence-electron chi connectivity index (χ2n) is 6.83. The molecule has 4 aromatic rings. The zero-order valence-corrected chi connectivity index (χ0v) is 18.2. The number of carbonyl (C=O) groups is 1. The fraction of sp³-hybridized carbons (Fsp3) is 0.238. The van der Waals surface area contributed by atoms with Gasteiger partial charge >= 0.3 is 0 Å². The van der Waals surface area contributed by atoms with E-state index in [1.54, 1.807) is 53.9 Å². The molecule has 0 bridgehead atoms. The monoisotopic (exact) mass is 440 g/mol. The molecule has 1 amide bonds. The van der Waals surface area contributed by atoms with Crippen LogP contribution in [0.1, 0.15) is 23.7 Å². The summed E-state index contributed by atoms with van der Waals surface area (Å²) in [5, 5.41) is 13.0. The Balaban J connectivity index is 1.52. The first-order valence-electron chi connectivity index (χ1n) is 9.59. The number of carbonyl (C=O) groups excluding carboxylic acids is 1. The minimum absolute atomic E-state index is 0.0260. The smallest absolute Gasteiger partial charge is 0.256 e. The van der Waals surface area contributed by atoms with E-state index < -0.39 is 0 Å². The first kappa shape index (κ1) is 20.3. The second-order valence-corrected chi connectivity index (χ2v) is 8.29. The van der Waals surface area contributed by atoms with E-state index in [2.05, 4.69) is 33.5 Å². The molecule has 1 unspecified atom stereocenters. The zero-order chi connectivity index (χ0) is 21.1. The maximum atomic E-state index is 13.3. The van der Waals surface area contributed by atoms with Crippen molar-refractivity contribution in [2.45, 2.75) is 19.4 Å². The van der Waals surface area contributed by atoms with Gasteiger partial charge in [0, 0.05) is 24.7 Å². The number of halogens is 1. The minimum atomic E-state index is -0.136. The number of fused-ring (bicyclic) bond motifs is 1. The molecule has 0 aliphatic rings. The molecule has 9 heteroatoms. The lowest BCUT2D eigenvalue weighted by molar-refractivity contribution is 0.0735. The molecule has 7 nitrogen and oxygen atoms in total. The minimum Gasteiger partial charge on any atom is -0.359 e. The fourth-order valence-corrected chi connectivity index (χ4v) is 4.30. The maximum absolute atomic E-state index is 13.3. The Bertz CT molecular complexity index is 1130. The van der Waals surface area contributed by atoms with Crippen LogP contribution in [0.3, 0.4) is 0 Å². The summed E-state index contributed by atoms with van der Waals surface area (Å²) in [5.74, 6) is -0.136. The van der Waals surface area contributed by atoms with Gasteiger partial charge in [-0.15, -0.1) is 0 Å². The number of thiazole rings is 1. The fourth-order valence-electron chi connectivity index (χ4n) is 3.26. The Morgan fingerprint density at radius 3 is 2.73 bits per heavy atom. The summed E-state index contributed by atoms with van der Waals surface area (Å²) in [5.41, 5.74) is 2.02. The van der Waals surface area contributed by atoms with E-state index in [0.29, 0.717) is 22.8 Å². The van der Waals surface area contributed by atoms with Crippen LogP contribution in [0.5, 0.6) is 0 Å². The van der Waals surface area contributed by atoms with E-state index in [-0.39, 0.29) is 11.9 Å². The Kier molecular flexibility index (Phi) is 5.96. The van der Waals surface area contributed by atoms with Gasteiger partial charge in [-0.1, -0.05) is 42.0 Å². The first-order valence-corrected chi connectivity index (χ1v) is 10.8. The van der Waals surface area contributed by atoms with E-state index in [9.17, 15) is 4.79 Å². The van der Waals surface area contributed by atoms with E-state index in [1.807, 2.05) is 18.2 Å². The van der Waals surface area contributed by atoms with Gasteiger partial charge in [0.25, 0.3) is 5.91 Å². The highest BCUT2D eigenvalue weighted by molar-refractivity contribution is 7.22. The van der Waals surface area contributed by atoms with Crippen LogP contribution in [0.2, 0.25) is 5.02 Å². The highest BCUT2D eigenvalue weighted by atomic mass is 35.5. The van der Waals surface area contributed by atoms with E-state index in [0.717, 1.165) is 21.8 Å². The van der Waals surface area contributed by atoms with Crippen molar-refractivity contribution < 1.29 is 4.79 Å². The molecular formula is C21H21ClN6OS. The highest BCUT2D eigenvalue weighted by Gasteiger charge is 2.24. The van der Waals surface area contributed by atoms with Crippen LogP contribution in [-0.4, -0.2) is 50.4 Å². The molecule has 0 saturated carbocycles. The normalized spacial score (nSPS) is 12.1. The van der Waals surface area contributed by atoms with Gasteiger partial charge in [0.1, 0.15) is 0 Å². The average molecular weight is 441 g/mol. The molecule has 0 fully saturated rings. The summed E-state index contributed by atoms with van der Waals surface area (Å²) in [6.45, 7) is 2.65. The summed E-state index contributed by atoms with van der Waals surface area (Å²) < 4.78 is 1.13. The number of hydrogen-bond acceptors (Lipinski definition) is 6. The third-order valence-corrected chi connectivity index (χ3v) is 6.17. The third kappa shape index (κ3) is 4.15. The van der Waals surface area contributed by atoms with Gasteiger partial charge in [0.05, 0.1) is 33.9 Å². The quantitative estimate of drug-likeness (QED) is 0.458. The number of amides is 1. The SMILES string of the molecule is CCC(CNc1nc2ccccc2s1)N(C)C(=O)c1cc(Cl)ccc1-n1nccn1. The number of para-hydroxylation sites is 1. The van der Waals surface area contributed by atoms with Crippen molar-refractivity contribution >= 4 is 44.2 Å². The lowest BCUT2D eigenvalue weighted by Crippen LogP contribution is -2.41. The van der Waals surface area contributed by atoms with Gasteiger partial charge < -0.3 is 10.2 Å². The van der Waals surface area contributed by atoms with Crippen molar-refractivity contribution in [3.05, 3.63) is 65.4 Å². The molecule has 0 aliphatic carbocycles. The predicted octanol–water partition coefficient (Wildman–Crippen LogP) is 4.49. The van der Waals surface area contributed by atoms with Gasteiger partial charge in [-0.05, 0) is 36.8 Å². The van der Waals surface area contributed by atoms with Crippen LogP contribution in [0.15, 0.2) is 54.9 Å². The van der Waals surface area contributed by atoms with Crippen molar-refractivity contribution in [1.82, 2.24) is 24.9 Å². The molecule has 4 rings (SSSR count). The zero-order valence-electron chi connectivity index (χ0n) is 16.6. The van der Waals surface area contributed by atoms with E-state index in [4.69, 9.17) is 11.6 Å². The van der Waals surface area contributed by atoms with Crippen LogP contribution in [0.25, 0.3) is 15.9 Å². The van der Waals surface area contributed by atoms with Crippen LogP contribution in [0.4, 0.5) is 5.13 Å². The van der Waals surface area contributed by atoms with Crippen LogP contribution in [-0.2, 0) is 0 Å². The molecule has 1 N–H and O–H groups in total. The summed E-state index contributed by atoms with van der Waals surface area (Å²) in [6.07, 6.45) is 3.93. The number of aromatic nitrogens is 4. The standard InChI is InChI=1S/C21H21ClN6OS/c1-3-15(13-23-21-26-17-6-4-5-7-19(17)30-21)27(2)20(29)16-12-14(22)8-9-18(16)28-24-10-11-25-28/h4-12,15H,3,13H2,1-2H3,(H,23,26). The molecular weight excluding hydrogens is 420 g/mol. The summed E-state index contributed by atoms with van der Waals surface area (Å²) in [6, 6.07) is 13.1. The van der Waals surface area contributed by atoms with E-state index in [1.165, 1.54) is 4.80 Å². The van der Waals surface area contributed by atoms with Crippen LogP contribution >= 0.6 is 22.9 Å². The molecule has 30 heavy (non-hydrogen) atoms. The van der Waals surface area contributed by atoms with Crippen molar-refractivity contribution in [3.8, 4) is 5.69 Å². The van der Waals surface area contributed by atoms with Gasteiger partial charge in [-0.2, -0.15) is 15.0 Å².